The van der Waals surface area contributed by atoms with E-state index < -0.39 is 29.7 Å². The average Bonchev–Trinajstić information content (AvgIpc) is 2.94. The van der Waals surface area contributed by atoms with Gasteiger partial charge in [0.15, 0.2) is 23.5 Å². The Morgan fingerprint density at radius 2 is 1.77 bits per heavy atom. The van der Waals surface area contributed by atoms with E-state index in [-0.39, 0.29) is 64.0 Å². The number of rotatable bonds is 5. The molecule has 31 heavy (non-hydrogen) atoms. The molecular formula is C21H18O10. The minimum absolute atomic E-state index is 0.0266. The topological polar surface area (TPSA) is 138 Å². The summed E-state index contributed by atoms with van der Waals surface area (Å²) in [6, 6.07) is 1.23. The predicted octanol–water partition coefficient (Wildman–Crippen LogP) is 3.15. The molecule has 2 aliphatic rings. The van der Waals surface area contributed by atoms with Crippen molar-refractivity contribution >= 4 is 18.2 Å². The van der Waals surface area contributed by atoms with Crippen LogP contribution in [0, 0.1) is 6.92 Å². The molecule has 0 aromatic heterocycles. The fraction of sp³-hybridized carbons (Fsp3) is 0.286. The maximum atomic E-state index is 12.9. The average molecular weight is 430 g/mol. The first-order valence-corrected chi connectivity index (χ1v) is 9.43. The van der Waals surface area contributed by atoms with Gasteiger partial charge in [-0.2, -0.15) is 0 Å². The zero-order chi connectivity index (χ0) is 22.4. The van der Waals surface area contributed by atoms with Gasteiger partial charge in [-0.25, -0.2) is 9.59 Å². The second-order valence-corrected chi connectivity index (χ2v) is 6.69. The number of aldehydes is 1. The van der Waals surface area contributed by atoms with Gasteiger partial charge >= 0.3 is 11.9 Å². The molecule has 0 aliphatic carbocycles. The lowest BCUT2D eigenvalue weighted by molar-refractivity contribution is -0.0999. The number of benzene rings is 2. The smallest absolute Gasteiger partial charge is 0.347 e. The minimum Gasteiger partial charge on any atom is -0.507 e. The van der Waals surface area contributed by atoms with Gasteiger partial charge in [-0.1, -0.05) is 0 Å². The van der Waals surface area contributed by atoms with E-state index in [9.17, 15) is 24.6 Å². The summed E-state index contributed by atoms with van der Waals surface area (Å²) in [5, 5.41) is 20.9. The third kappa shape index (κ3) is 2.95. The molecule has 1 atom stereocenters. The molecule has 0 amide bonds. The number of hydrogen-bond donors (Lipinski definition) is 2. The molecule has 0 fully saturated rings. The number of carbonyl (C=O) groups excluding carboxylic acids is 3. The zero-order valence-corrected chi connectivity index (χ0v) is 16.8. The Bertz CT molecular complexity index is 1130. The van der Waals surface area contributed by atoms with Crippen molar-refractivity contribution < 1.29 is 48.3 Å². The van der Waals surface area contributed by atoms with Crippen molar-refractivity contribution in [2.24, 2.45) is 0 Å². The first kappa shape index (κ1) is 20.5. The number of phenols is 2. The van der Waals surface area contributed by atoms with Crippen LogP contribution in [0.25, 0.3) is 0 Å². The quantitative estimate of drug-likeness (QED) is 0.413. The van der Waals surface area contributed by atoms with E-state index in [0.29, 0.717) is 6.29 Å². The summed E-state index contributed by atoms with van der Waals surface area (Å²) in [6.07, 6.45) is -0.932. The molecule has 1 unspecified atom stereocenters. The molecule has 10 nitrogen and oxygen atoms in total. The van der Waals surface area contributed by atoms with Crippen LogP contribution in [0.5, 0.6) is 34.5 Å². The Hall–Kier alpha value is -3.79. The van der Waals surface area contributed by atoms with Crippen molar-refractivity contribution in [2.45, 2.75) is 27.1 Å². The van der Waals surface area contributed by atoms with Crippen molar-refractivity contribution in [1.29, 1.82) is 0 Å². The molecule has 0 saturated heterocycles. The molecule has 2 aliphatic heterocycles. The summed E-state index contributed by atoms with van der Waals surface area (Å²) >= 11 is 0. The number of ether oxygens (including phenoxy) is 5. The van der Waals surface area contributed by atoms with Crippen molar-refractivity contribution in [2.75, 3.05) is 13.2 Å². The lowest BCUT2D eigenvalue weighted by Gasteiger charge is -2.19. The van der Waals surface area contributed by atoms with Gasteiger partial charge in [-0.3, -0.25) is 4.79 Å². The predicted molar refractivity (Wildman–Crippen MR) is 102 cm³/mol. The fourth-order valence-electron chi connectivity index (χ4n) is 3.58. The molecule has 0 radical (unpaired) electrons. The number of aryl methyl sites for hydroxylation is 1. The minimum atomic E-state index is -1.26. The van der Waals surface area contributed by atoms with Crippen LogP contribution in [0.1, 0.15) is 62.3 Å². The largest absolute Gasteiger partial charge is 0.507 e. The maximum Gasteiger partial charge on any atom is 0.347 e. The number of esters is 2. The summed E-state index contributed by atoms with van der Waals surface area (Å²) in [5.74, 6) is -3.89. The molecule has 2 N–H and O–H groups in total. The molecule has 4 rings (SSSR count). The molecule has 2 aromatic rings. The van der Waals surface area contributed by atoms with Gasteiger partial charge in [-0.15, -0.1) is 0 Å². The van der Waals surface area contributed by atoms with E-state index in [2.05, 4.69) is 0 Å². The first-order valence-electron chi connectivity index (χ1n) is 9.43. The highest BCUT2D eigenvalue weighted by Crippen LogP contribution is 2.57. The Morgan fingerprint density at radius 1 is 1.03 bits per heavy atom. The zero-order valence-electron chi connectivity index (χ0n) is 16.8. The highest BCUT2D eigenvalue weighted by molar-refractivity contribution is 6.04. The van der Waals surface area contributed by atoms with Crippen molar-refractivity contribution in [3.63, 3.8) is 0 Å². The van der Waals surface area contributed by atoms with Gasteiger partial charge in [0, 0.05) is 6.61 Å². The van der Waals surface area contributed by atoms with E-state index in [1.807, 2.05) is 0 Å². The molecule has 2 heterocycles. The van der Waals surface area contributed by atoms with Gasteiger partial charge in [-0.05, 0) is 32.4 Å². The number of carbonyl (C=O) groups is 3. The van der Waals surface area contributed by atoms with Gasteiger partial charge in [0.2, 0.25) is 17.8 Å². The summed E-state index contributed by atoms with van der Waals surface area (Å²) in [6.45, 7) is 5.03. The molecular weight excluding hydrogens is 412 g/mol. The first-order chi connectivity index (χ1) is 14.8. The molecule has 0 saturated carbocycles. The molecule has 162 valence electrons. The van der Waals surface area contributed by atoms with Gasteiger partial charge < -0.3 is 33.9 Å². The van der Waals surface area contributed by atoms with E-state index in [1.54, 1.807) is 13.8 Å². The van der Waals surface area contributed by atoms with Crippen LogP contribution in [0.15, 0.2) is 6.07 Å². The highest BCUT2D eigenvalue weighted by atomic mass is 16.7. The van der Waals surface area contributed by atoms with E-state index >= 15 is 0 Å². The Balaban J connectivity index is 2.08. The monoisotopic (exact) mass is 430 g/mol. The third-order valence-corrected chi connectivity index (χ3v) is 4.85. The lowest BCUT2D eigenvalue weighted by Crippen LogP contribution is -2.11. The van der Waals surface area contributed by atoms with Gasteiger partial charge in [0.1, 0.15) is 16.9 Å². The Labute approximate surface area is 175 Å². The van der Waals surface area contributed by atoms with Crippen LogP contribution in [0.2, 0.25) is 0 Å². The third-order valence-electron chi connectivity index (χ3n) is 4.85. The Morgan fingerprint density at radius 3 is 2.42 bits per heavy atom. The van der Waals surface area contributed by atoms with Crippen molar-refractivity contribution in [3.05, 3.63) is 33.9 Å². The van der Waals surface area contributed by atoms with E-state index in [4.69, 9.17) is 23.7 Å². The maximum absolute atomic E-state index is 12.9. The number of fused-ring (bicyclic) bond motifs is 4. The van der Waals surface area contributed by atoms with Crippen LogP contribution in [0.4, 0.5) is 0 Å². The van der Waals surface area contributed by atoms with Crippen LogP contribution >= 0.6 is 0 Å². The fourth-order valence-corrected chi connectivity index (χ4v) is 3.58. The number of aromatic hydroxyl groups is 2. The Kier molecular flexibility index (Phi) is 4.94. The van der Waals surface area contributed by atoms with E-state index in [0.717, 1.165) is 0 Å². The van der Waals surface area contributed by atoms with Crippen LogP contribution in [-0.2, 0) is 9.47 Å². The van der Waals surface area contributed by atoms with Crippen LogP contribution < -0.4 is 14.2 Å². The molecule has 10 heteroatoms. The van der Waals surface area contributed by atoms with Gasteiger partial charge in [0.05, 0.1) is 17.7 Å². The van der Waals surface area contributed by atoms with Crippen molar-refractivity contribution in [3.8, 4) is 34.5 Å². The van der Waals surface area contributed by atoms with E-state index in [1.165, 1.54) is 13.0 Å². The summed E-state index contributed by atoms with van der Waals surface area (Å²) in [5.41, 5.74) is -0.414. The molecule has 2 aromatic carbocycles. The second kappa shape index (κ2) is 7.47. The van der Waals surface area contributed by atoms with Crippen LogP contribution in [-0.4, -0.2) is 41.7 Å². The SMILES string of the molecule is CCOc1c(O)c2c(c3c1OC(=O)c1c(C)cc(O)c(C=O)c1O3)C(OCC)OC2=O. The normalized spacial score (nSPS) is 16.3. The second-order valence-electron chi connectivity index (χ2n) is 6.69. The summed E-state index contributed by atoms with van der Waals surface area (Å²) in [7, 11) is 0. The van der Waals surface area contributed by atoms with Crippen molar-refractivity contribution in [1.82, 2.24) is 0 Å². The summed E-state index contributed by atoms with van der Waals surface area (Å²) < 4.78 is 27.5. The highest BCUT2D eigenvalue weighted by Gasteiger charge is 2.45. The van der Waals surface area contributed by atoms with Gasteiger partial charge in [0.25, 0.3) is 0 Å². The molecule has 0 bridgehead atoms. The lowest BCUT2D eigenvalue weighted by atomic mass is 10.0. The van der Waals surface area contributed by atoms with Crippen LogP contribution in [0.3, 0.4) is 0 Å². The summed E-state index contributed by atoms with van der Waals surface area (Å²) in [4.78, 5) is 37.1. The number of hydrogen-bond acceptors (Lipinski definition) is 10. The number of phenolic OH excluding ortho intramolecular Hbond substituents is 2. The molecule has 0 spiro atoms. The standard InChI is InChI=1S/C21H18O10/c1-4-27-17-14(24)12-13(21(28-5-2)31-20(12)26)16-18(17)30-19(25)11-8(3)6-10(23)9(7-22)15(11)29-16/h6-7,21,23-24H,4-5H2,1-3H3. The number of cyclic esters (lactones) is 1.